The molecule has 0 heterocycles. The molecule has 1 aromatic carbocycles. The fraction of sp³-hybridized carbons (Fsp3) is 0.500. The zero-order valence-electron chi connectivity index (χ0n) is 8.82. The molecule has 0 fully saturated rings. The van der Waals surface area contributed by atoms with Gasteiger partial charge < -0.3 is 0 Å². The van der Waals surface area contributed by atoms with Gasteiger partial charge in [0.2, 0.25) is 0 Å². The molecule has 0 aliphatic rings. The molecule has 1 heteroatoms. The largest absolute Gasteiger partial charge is 0.0837 e. The highest BCUT2D eigenvalue weighted by molar-refractivity contribution is 6.32. The monoisotopic (exact) mass is 196 g/mol. The molecular formula is C12H17Cl. The van der Waals surface area contributed by atoms with Crippen LogP contribution in [0, 0.1) is 6.92 Å². The average Bonchev–Trinajstić information content (AvgIpc) is 2.08. The lowest BCUT2D eigenvalue weighted by Gasteiger charge is -2.12. The minimum Gasteiger partial charge on any atom is -0.0837 e. The summed E-state index contributed by atoms with van der Waals surface area (Å²) in [5.74, 6) is 0.512. The minimum absolute atomic E-state index is 0.512. The zero-order valence-corrected chi connectivity index (χ0v) is 9.57. The molecule has 0 unspecified atom stereocenters. The van der Waals surface area contributed by atoms with Gasteiger partial charge in [0.25, 0.3) is 0 Å². The molecule has 0 radical (unpaired) electrons. The Hall–Kier alpha value is -0.490. The molecule has 0 saturated carbocycles. The van der Waals surface area contributed by atoms with Crippen LogP contribution in [0.3, 0.4) is 0 Å². The third-order valence-electron chi connectivity index (χ3n) is 2.32. The topological polar surface area (TPSA) is 0 Å². The van der Waals surface area contributed by atoms with Gasteiger partial charge in [0, 0.05) is 5.02 Å². The predicted molar refractivity (Wildman–Crippen MR) is 59.7 cm³/mol. The van der Waals surface area contributed by atoms with Crippen molar-refractivity contribution in [3.63, 3.8) is 0 Å². The molecule has 0 spiro atoms. The minimum atomic E-state index is 0.512. The van der Waals surface area contributed by atoms with Crippen molar-refractivity contribution < 1.29 is 0 Å². The van der Waals surface area contributed by atoms with Gasteiger partial charge in [0.1, 0.15) is 0 Å². The maximum atomic E-state index is 6.28. The molecule has 1 aromatic rings. The summed E-state index contributed by atoms with van der Waals surface area (Å²) in [6, 6.07) is 4.36. The Kier molecular flexibility index (Phi) is 3.38. The number of rotatable bonds is 2. The van der Waals surface area contributed by atoms with Crippen LogP contribution >= 0.6 is 11.6 Å². The summed E-state index contributed by atoms with van der Waals surface area (Å²) in [6.07, 6.45) is 1.01. The second-order valence-electron chi connectivity index (χ2n) is 3.84. The molecule has 0 nitrogen and oxygen atoms in total. The number of aryl methyl sites for hydroxylation is 2. The third-order valence-corrected chi connectivity index (χ3v) is 2.78. The first-order valence-corrected chi connectivity index (χ1v) is 5.23. The molecule has 72 valence electrons. The van der Waals surface area contributed by atoms with E-state index in [4.69, 9.17) is 11.6 Å². The van der Waals surface area contributed by atoms with Gasteiger partial charge in [0.15, 0.2) is 0 Å². The molecular weight excluding hydrogens is 180 g/mol. The molecule has 0 aromatic heterocycles. The number of halogens is 1. The van der Waals surface area contributed by atoms with Crippen molar-refractivity contribution in [3.05, 3.63) is 33.8 Å². The van der Waals surface area contributed by atoms with Gasteiger partial charge in [-0.2, -0.15) is 0 Å². The van der Waals surface area contributed by atoms with Crippen LogP contribution in [0.1, 0.15) is 43.4 Å². The van der Waals surface area contributed by atoms with E-state index in [-0.39, 0.29) is 0 Å². The lowest BCUT2D eigenvalue weighted by Crippen LogP contribution is -1.94. The second kappa shape index (κ2) is 4.15. The van der Waals surface area contributed by atoms with Crippen LogP contribution in [-0.2, 0) is 6.42 Å². The van der Waals surface area contributed by atoms with Crippen molar-refractivity contribution in [3.8, 4) is 0 Å². The first-order chi connectivity index (χ1) is 6.06. The first-order valence-electron chi connectivity index (χ1n) is 4.85. The fourth-order valence-electron chi connectivity index (χ4n) is 1.55. The van der Waals surface area contributed by atoms with E-state index in [9.17, 15) is 0 Å². The molecule has 0 aliphatic carbocycles. The molecule has 0 atom stereocenters. The maximum absolute atomic E-state index is 6.28. The molecule has 0 bridgehead atoms. The van der Waals surface area contributed by atoms with Gasteiger partial charge in [0.05, 0.1) is 0 Å². The van der Waals surface area contributed by atoms with E-state index < -0.39 is 0 Å². The third kappa shape index (κ3) is 2.25. The average molecular weight is 197 g/mol. The standard InChI is InChI=1S/C12H17Cl/c1-5-10-6-9(4)7-11(8(2)3)12(10)13/h6-8H,5H2,1-4H3. The Bertz CT molecular complexity index is 300. The van der Waals surface area contributed by atoms with Crippen molar-refractivity contribution in [2.45, 2.75) is 40.0 Å². The Labute approximate surface area is 85.9 Å². The Morgan fingerprint density at radius 2 is 1.92 bits per heavy atom. The smallest absolute Gasteiger partial charge is 0.0472 e. The van der Waals surface area contributed by atoms with Gasteiger partial charge >= 0.3 is 0 Å². The molecule has 0 amide bonds. The van der Waals surface area contributed by atoms with E-state index in [1.807, 2.05) is 0 Å². The van der Waals surface area contributed by atoms with Crippen molar-refractivity contribution in [1.82, 2.24) is 0 Å². The summed E-state index contributed by atoms with van der Waals surface area (Å²) in [5, 5.41) is 0.961. The van der Waals surface area contributed by atoms with Crippen LogP contribution in [0.2, 0.25) is 5.02 Å². The number of benzene rings is 1. The highest BCUT2D eigenvalue weighted by Gasteiger charge is 2.08. The van der Waals surface area contributed by atoms with E-state index in [1.165, 1.54) is 16.7 Å². The van der Waals surface area contributed by atoms with Gasteiger partial charge in [-0.15, -0.1) is 0 Å². The molecule has 0 N–H and O–H groups in total. The van der Waals surface area contributed by atoms with Gasteiger partial charge in [-0.3, -0.25) is 0 Å². The quantitative estimate of drug-likeness (QED) is 0.661. The SMILES string of the molecule is CCc1cc(C)cc(C(C)C)c1Cl. The van der Waals surface area contributed by atoms with Crippen molar-refractivity contribution >= 4 is 11.6 Å². The predicted octanol–water partition coefficient (Wildman–Crippen LogP) is 4.33. The summed E-state index contributed by atoms with van der Waals surface area (Å²) in [4.78, 5) is 0. The van der Waals surface area contributed by atoms with Gasteiger partial charge in [-0.05, 0) is 30.4 Å². The first kappa shape index (κ1) is 10.6. The van der Waals surface area contributed by atoms with Crippen molar-refractivity contribution in [1.29, 1.82) is 0 Å². The molecule has 0 aliphatic heterocycles. The van der Waals surface area contributed by atoms with E-state index in [1.54, 1.807) is 0 Å². The lowest BCUT2D eigenvalue weighted by molar-refractivity contribution is 0.860. The van der Waals surface area contributed by atoms with Crippen LogP contribution in [0.4, 0.5) is 0 Å². The second-order valence-corrected chi connectivity index (χ2v) is 4.21. The highest BCUT2D eigenvalue weighted by Crippen LogP contribution is 2.29. The van der Waals surface area contributed by atoms with Crippen LogP contribution in [0.15, 0.2) is 12.1 Å². The summed E-state index contributed by atoms with van der Waals surface area (Å²) in [6.45, 7) is 8.63. The summed E-state index contributed by atoms with van der Waals surface area (Å²) < 4.78 is 0. The number of hydrogen-bond acceptors (Lipinski definition) is 0. The summed E-state index contributed by atoms with van der Waals surface area (Å²) >= 11 is 6.28. The zero-order chi connectivity index (χ0) is 10.0. The van der Waals surface area contributed by atoms with E-state index in [0.29, 0.717) is 5.92 Å². The van der Waals surface area contributed by atoms with E-state index in [0.717, 1.165) is 11.4 Å². The summed E-state index contributed by atoms with van der Waals surface area (Å²) in [5.41, 5.74) is 3.86. The molecule has 13 heavy (non-hydrogen) atoms. The van der Waals surface area contributed by atoms with Crippen LogP contribution < -0.4 is 0 Å². The Balaban J connectivity index is 3.27. The highest BCUT2D eigenvalue weighted by atomic mass is 35.5. The van der Waals surface area contributed by atoms with Gasteiger partial charge in [-0.1, -0.05) is 50.1 Å². The lowest BCUT2D eigenvalue weighted by atomic mass is 9.97. The molecule has 1 rings (SSSR count). The van der Waals surface area contributed by atoms with E-state index in [2.05, 4.69) is 39.8 Å². The van der Waals surface area contributed by atoms with Crippen LogP contribution in [0.5, 0.6) is 0 Å². The maximum Gasteiger partial charge on any atom is 0.0472 e. The normalized spacial score (nSPS) is 10.9. The number of hydrogen-bond donors (Lipinski definition) is 0. The Morgan fingerprint density at radius 1 is 1.31 bits per heavy atom. The Morgan fingerprint density at radius 3 is 2.38 bits per heavy atom. The van der Waals surface area contributed by atoms with Crippen molar-refractivity contribution in [2.75, 3.05) is 0 Å². The van der Waals surface area contributed by atoms with Gasteiger partial charge in [-0.25, -0.2) is 0 Å². The van der Waals surface area contributed by atoms with Crippen molar-refractivity contribution in [2.24, 2.45) is 0 Å². The fourth-order valence-corrected chi connectivity index (χ4v) is 2.01. The molecule has 0 saturated heterocycles. The van der Waals surface area contributed by atoms with Crippen LogP contribution in [0.25, 0.3) is 0 Å². The summed E-state index contributed by atoms with van der Waals surface area (Å²) in [7, 11) is 0. The van der Waals surface area contributed by atoms with E-state index >= 15 is 0 Å². The van der Waals surface area contributed by atoms with Crippen LogP contribution in [-0.4, -0.2) is 0 Å².